The van der Waals surface area contributed by atoms with Gasteiger partial charge in [-0.1, -0.05) is 18.2 Å². The van der Waals surface area contributed by atoms with E-state index in [-0.39, 0.29) is 0 Å². The predicted octanol–water partition coefficient (Wildman–Crippen LogP) is 3.15. The predicted molar refractivity (Wildman–Crippen MR) is 71.3 cm³/mol. The van der Waals surface area contributed by atoms with Crippen LogP contribution >= 0.6 is 0 Å². The van der Waals surface area contributed by atoms with Gasteiger partial charge < -0.3 is 15.3 Å². The fourth-order valence-electron chi connectivity index (χ4n) is 2.11. The van der Waals surface area contributed by atoms with Crippen molar-refractivity contribution < 1.29 is 0 Å². The van der Waals surface area contributed by atoms with Crippen molar-refractivity contribution in [1.82, 2.24) is 9.97 Å². The van der Waals surface area contributed by atoms with Gasteiger partial charge in [0, 0.05) is 29.8 Å². The Balaban J connectivity index is 1.69. The first kappa shape index (κ1) is 10.0. The van der Waals surface area contributed by atoms with Gasteiger partial charge in [0.05, 0.1) is 0 Å². The summed E-state index contributed by atoms with van der Waals surface area (Å²) in [4.78, 5) is 6.43. The summed E-state index contributed by atoms with van der Waals surface area (Å²) in [5.74, 6) is 1.07. The highest BCUT2D eigenvalue weighted by Gasteiger charge is 2.02. The molecule has 0 aliphatic heterocycles. The molecule has 0 bridgehead atoms. The molecule has 86 valence electrons. The summed E-state index contributed by atoms with van der Waals surface area (Å²) in [6, 6.07) is 12.4. The Labute approximate surface area is 99.9 Å². The van der Waals surface area contributed by atoms with Crippen LogP contribution in [0.15, 0.2) is 48.8 Å². The van der Waals surface area contributed by atoms with Crippen molar-refractivity contribution in [2.24, 2.45) is 0 Å². The Bertz CT molecular complexity index is 593. The number of fused-ring (bicyclic) bond motifs is 1. The van der Waals surface area contributed by atoms with Gasteiger partial charge in [-0.15, -0.1) is 0 Å². The lowest BCUT2D eigenvalue weighted by atomic mass is 10.1. The summed E-state index contributed by atoms with van der Waals surface area (Å²) in [5, 5.41) is 4.68. The average Bonchev–Trinajstić information content (AvgIpc) is 2.99. The zero-order valence-corrected chi connectivity index (χ0v) is 9.53. The van der Waals surface area contributed by atoms with Crippen LogP contribution in [0.4, 0.5) is 5.82 Å². The van der Waals surface area contributed by atoms with Crippen LogP contribution in [-0.2, 0) is 6.42 Å². The molecule has 0 saturated heterocycles. The summed E-state index contributed by atoms with van der Waals surface area (Å²) in [6.07, 6.45) is 5.04. The van der Waals surface area contributed by atoms with Crippen molar-refractivity contribution in [3.05, 3.63) is 54.4 Å². The van der Waals surface area contributed by atoms with E-state index in [4.69, 9.17) is 0 Å². The Kier molecular flexibility index (Phi) is 2.58. The molecule has 0 aliphatic rings. The second-order valence-corrected chi connectivity index (χ2v) is 4.12. The molecule has 0 radical (unpaired) electrons. The summed E-state index contributed by atoms with van der Waals surface area (Å²) < 4.78 is 0. The summed E-state index contributed by atoms with van der Waals surface area (Å²) in [5.41, 5.74) is 2.57. The van der Waals surface area contributed by atoms with Crippen molar-refractivity contribution in [2.45, 2.75) is 6.42 Å². The molecular formula is C14H15N3. The Morgan fingerprint density at radius 1 is 1.00 bits per heavy atom. The fourth-order valence-corrected chi connectivity index (χ4v) is 2.11. The highest BCUT2D eigenvalue weighted by molar-refractivity contribution is 5.83. The second-order valence-electron chi connectivity index (χ2n) is 4.12. The Morgan fingerprint density at radius 2 is 1.94 bits per heavy atom. The van der Waals surface area contributed by atoms with Gasteiger partial charge in [0.2, 0.25) is 0 Å². The fraction of sp³-hybridized carbons (Fsp3) is 0.143. The Hall–Kier alpha value is -2.16. The van der Waals surface area contributed by atoms with Gasteiger partial charge in [0.15, 0.2) is 0 Å². The minimum atomic E-state index is 0.933. The molecule has 0 aliphatic carbocycles. The van der Waals surface area contributed by atoms with E-state index in [2.05, 4.69) is 45.7 Å². The molecule has 3 nitrogen and oxygen atoms in total. The number of hydrogen-bond donors (Lipinski definition) is 3. The lowest BCUT2D eigenvalue weighted by Crippen LogP contribution is -2.04. The molecule has 0 saturated carbocycles. The molecule has 2 aromatic heterocycles. The highest BCUT2D eigenvalue weighted by atomic mass is 15.0. The number of benzene rings is 1. The van der Waals surface area contributed by atoms with Crippen LogP contribution < -0.4 is 5.32 Å². The van der Waals surface area contributed by atoms with Crippen LogP contribution in [0.5, 0.6) is 0 Å². The largest absolute Gasteiger partial charge is 0.371 e. The van der Waals surface area contributed by atoms with Gasteiger partial charge in [-0.05, 0) is 30.2 Å². The molecule has 0 fully saturated rings. The molecule has 0 unspecified atom stereocenters. The topological polar surface area (TPSA) is 43.6 Å². The SMILES string of the molecule is c1c[nH]c(NCCc2c[nH]c3ccccc23)c1. The van der Waals surface area contributed by atoms with Gasteiger partial charge in [0.1, 0.15) is 5.82 Å². The van der Waals surface area contributed by atoms with Gasteiger partial charge in [0.25, 0.3) is 0 Å². The van der Waals surface area contributed by atoms with Crippen molar-refractivity contribution in [1.29, 1.82) is 0 Å². The maximum atomic E-state index is 3.36. The van der Waals surface area contributed by atoms with Gasteiger partial charge >= 0.3 is 0 Å². The first-order valence-electron chi connectivity index (χ1n) is 5.86. The summed E-state index contributed by atoms with van der Waals surface area (Å²) in [6.45, 7) is 0.933. The lowest BCUT2D eigenvalue weighted by Gasteiger charge is -2.02. The van der Waals surface area contributed by atoms with E-state index in [1.165, 1.54) is 16.5 Å². The standard InChI is InChI=1S/C14H15N3/c1-2-5-13-12(4-1)11(10-17-13)7-9-16-14-6-3-8-15-14/h1-6,8,10,15-17H,7,9H2. The maximum Gasteiger partial charge on any atom is 0.103 e. The molecule has 17 heavy (non-hydrogen) atoms. The molecule has 0 amide bonds. The number of hydrogen-bond acceptors (Lipinski definition) is 1. The molecule has 3 heteroatoms. The van der Waals surface area contributed by atoms with Crippen LogP contribution in [0.25, 0.3) is 10.9 Å². The van der Waals surface area contributed by atoms with Crippen LogP contribution in [0.2, 0.25) is 0 Å². The number of para-hydroxylation sites is 1. The highest BCUT2D eigenvalue weighted by Crippen LogP contribution is 2.18. The van der Waals surface area contributed by atoms with E-state index >= 15 is 0 Å². The van der Waals surface area contributed by atoms with Crippen molar-refractivity contribution in [3.63, 3.8) is 0 Å². The number of H-pyrrole nitrogens is 2. The van der Waals surface area contributed by atoms with Crippen molar-refractivity contribution in [2.75, 3.05) is 11.9 Å². The quantitative estimate of drug-likeness (QED) is 0.627. The minimum Gasteiger partial charge on any atom is -0.371 e. The van der Waals surface area contributed by atoms with Gasteiger partial charge in [-0.25, -0.2) is 0 Å². The summed E-state index contributed by atoms with van der Waals surface area (Å²) >= 11 is 0. The third kappa shape index (κ3) is 2.04. The van der Waals surface area contributed by atoms with Gasteiger partial charge in [-0.3, -0.25) is 0 Å². The van der Waals surface area contributed by atoms with E-state index in [1.807, 2.05) is 18.3 Å². The molecule has 0 atom stereocenters. The first-order chi connectivity index (χ1) is 8.43. The van der Waals surface area contributed by atoms with Crippen LogP contribution in [0.1, 0.15) is 5.56 Å². The molecule has 0 spiro atoms. The van der Waals surface area contributed by atoms with E-state index in [0.717, 1.165) is 18.8 Å². The second kappa shape index (κ2) is 4.37. The van der Waals surface area contributed by atoms with E-state index in [1.54, 1.807) is 0 Å². The number of nitrogens with one attached hydrogen (secondary N) is 3. The van der Waals surface area contributed by atoms with E-state index < -0.39 is 0 Å². The molecule has 2 heterocycles. The van der Waals surface area contributed by atoms with Crippen molar-refractivity contribution in [3.8, 4) is 0 Å². The lowest BCUT2D eigenvalue weighted by molar-refractivity contribution is 1.02. The average molecular weight is 225 g/mol. The van der Waals surface area contributed by atoms with Crippen LogP contribution in [0.3, 0.4) is 0 Å². The number of aromatic nitrogens is 2. The molecule has 1 aromatic carbocycles. The zero-order valence-electron chi connectivity index (χ0n) is 9.53. The van der Waals surface area contributed by atoms with Crippen molar-refractivity contribution >= 4 is 16.7 Å². The Morgan fingerprint density at radius 3 is 2.82 bits per heavy atom. The first-order valence-corrected chi connectivity index (χ1v) is 5.86. The zero-order chi connectivity index (χ0) is 11.5. The normalized spacial score (nSPS) is 10.8. The molecule has 3 aromatic rings. The molecule has 3 N–H and O–H groups in total. The monoisotopic (exact) mass is 225 g/mol. The smallest absolute Gasteiger partial charge is 0.103 e. The minimum absolute atomic E-state index is 0.933. The number of aromatic amines is 2. The number of rotatable bonds is 4. The summed E-state index contributed by atoms with van der Waals surface area (Å²) in [7, 11) is 0. The third-order valence-corrected chi connectivity index (χ3v) is 2.98. The molecule has 3 rings (SSSR count). The van der Waals surface area contributed by atoms with E-state index in [0.29, 0.717) is 0 Å². The van der Waals surface area contributed by atoms with Crippen LogP contribution in [0, 0.1) is 0 Å². The van der Waals surface area contributed by atoms with Crippen LogP contribution in [-0.4, -0.2) is 16.5 Å². The van der Waals surface area contributed by atoms with E-state index in [9.17, 15) is 0 Å². The van der Waals surface area contributed by atoms with Gasteiger partial charge in [-0.2, -0.15) is 0 Å². The number of anilines is 1. The maximum absolute atomic E-state index is 3.36. The molecular weight excluding hydrogens is 210 g/mol. The third-order valence-electron chi connectivity index (χ3n) is 2.98.